The molecule has 2 heterocycles. The van der Waals surface area contributed by atoms with Gasteiger partial charge in [0.25, 0.3) is 0 Å². The number of piperidine rings is 1. The van der Waals surface area contributed by atoms with Gasteiger partial charge in [0.15, 0.2) is 0 Å². The summed E-state index contributed by atoms with van der Waals surface area (Å²) in [4.78, 5) is 27.6. The monoisotopic (exact) mass is 270 g/mol. The summed E-state index contributed by atoms with van der Waals surface area (Å²) in [5.41, 5.74) is -0.582. The highest BCUT2D eigenvalue weighted by molar-refractivity contribution is 5.95. The number of ether oxygens (including phenoxy) is 2. The standard InChI is InChI=1S/C13H22N2O4/c1-13(2,3)19-12(17)15-6-4-5-10(11(15)16)14-7-8-18-9-14/h10H,4-9H2,1-3H3. The van der Waals surface area contributed by atoms with Crippen molar-refractivity contribution in [3.8, 4) is 0 Å². The van der Waals surface area contributed by atoms with Crippen molar-refractivity contribution in [1.82, 2.24) is 9.80 Å². The van der Waals surface area contributed by atoms with Gasteiger partial charge in [-0.25, -0.2) is 9.69 Å². The van der Waals surface area contributed by atoms with Crippen molar-refractivity contribution in [2.24, 2.45) is 0 Å². The van der Waals surface area contributed by atoms with Gasteiger partial charge in [0.05, 0.1) is 19.4 Å². The highest BCUT2D eigenvalue weighted by atomic mass is 16.6. The van der Waals surface area contributed by atoms with Crippen LogP contribution in [0.3, 0.4) is 0 Å². The summed E-state index contributed by atoms with van der Waals surface area (Å²) in [6, 6.07) is -0.247. The van der Waals surface area contributed by atoms with Crippen LogP contribution < -0.4 is 0 Å². The highest BCUT2D eigenvalue weighted by Crippen LogP contribution is 2.21. The maximum absolute atomic E-state index is 12.4. The third-order valence-electron chi connectivity index (χ3n) is 3.24. The van der Waals surface area contributed by atoms with Gasteiger partial charge in [0.1, 0.15) is 5.60 Å². The van der Waals surface area contributed by atoms with Crippen LogP contribution in [0.25, 0.3) is 0 Å². The number of hydrogen-bond acceptors (Lipinski definition) is 5. The molecule has 0 radical (unpaired) electrons. The number of carbonyl (C=O) groups excluding carboxylic acids is 2. The SMILES string of the molecule is CC(C)(C)OC(=O)N1CCCC(N2CCOC2)C1=O. The number of likely N-dealkylation sites (tertiary alicyclic amines) is 1. The van der Waals surface area contributed by atoms with Gasteiger partial charge in [-0.15, -0.1) is 0 Å². The van der Waals surface area contributed by atoms with E-state index in [0.717, 1.165) is 19.4 Å². The number of rotatable bonds is 1. The summed E-state index contributed by atoms with van der Waals surface area (Å²) >= 11 is 0. The molecule has 0 aliphatic carbocycles. The van der Waals surface area contributed by atoms with Crippen molar-refractivity contribution in [3.05, 3.63) is 0 Å². The Morgan fingerprint density at radius 3 is 2.68 bits per heavy atom. The van der Waals surface area contributed by atoms with Crippen molar-refractivity contribution in [2.45, 2.75) is 45.3 Å². The van der Waals surface area contributed by atoms with Crippen LogP contribution in [0.2, 0.25) is 0 Å². The summed E-state index contributed by atoms with van der Waals surface area (Å²) in [5.74, 6) is -0.161. The molecule has 2 fully saturated rings. The second-order valence-corrected chi connectivity index (χ2v) is 5.98. The molecule has 0 bridgehead atoms. The summed E-state index contributed by atoms with van der Waals surface area (Å²) in [6.07, 6.45) is 1.05. The quantitative estimate of drug-likeness (QED) is 0.716. The average molecular weight is 270 g/mol. The molecule has 0 N–H and O–H groups in total. The molecule has 2 saturated heterocycles. The molecule has 2 amide bonds. The summed E-state index contributed by atoms with van der Waals surface area (Å²) in [6.45, 7) is 7.70. The summed E-state index contributed by atoms with van der Waals surface area (Å²) in [7, 11) is 0. The van der Waals surface area contributed by atoms with Gasteiger partial charge in [-0.05, 0) is 33.6 Å². The summed E-state index contributed by atoms with van der Waals surface area (Å²) in [5, 5.41) is 0. The molecular weight excluding hydrogens is 248 g/mol. The number of imide groups is 1. The lowest BCUT2D eigenvalue weighted by atomic mass is 10.0. The van der Waals surface area contributed by atoms with E-state index in [1.54, 1.807) is 20.8 Å². The lowest BCUT2D eigenvalue weighted by Gasteiger charge is -2.35. The van der Waals surface area contributed by atoms with E-state index in [1.165, 1.54) is 4.90 Å². The van der Waals surface area contributed by atoms with Crippen LogP contribution in [0, 0.1) is 0 Å². The Kier molecular flexibility index (Phi) is 4.10. The van der Waals surface area contributed by atoms with Crippen LogP contribution in [0.1, 0.15) is 33.6 Å². The zero-order valence-electron chi connectivity index (χ0n) is 11.8. The minimum absolute atomic E-state index is 0.161. The third-order valence-corrected chi connectivity index (χ3v) is 3.24. The molecule has 6 heteroatoms. The molecular formula is C13H22N2O4. The van der Waals surface area contributed by atoms with E-state index in [9.17, 15) is 9.59 Å². The van der Waals surface area contributed by atoms with E-state index < -0.39 is 11.7 Å². The van der Waals surface area contributed by atoms with Crippen LogP contribution in [0.5, 0.6) is 0 Å². The fourth-order valence-electron chi connectivity index (χ4n) is 2.37. The van der Waals surface area contributed by atoms with E-state index in [1.807, 2.05) is 4.90 Å². The molecule has 0 aromatic heterocycles. The van der Waals surface area contributed by atoms with Crippen LogP contribution >= 0.6 is 0 Å². The molecule has 1 unspecified atom stereocenters. The Morgan fingerprint density at radius 2 is 2.11 bits per heavy atom. The Morgan fingerprint density at radius 1 is 1.37 bits per heavy atom. The van der Waals surface area contributed by atoms with Gasteiger partial charge in [-0.1, -0.05) is 0 Å². The second kappa shape index (κ2) is 5.46. The van der Waals surface area contributed by atoms with E-state index >= 15 is 0 Å². The molecule has 2 rings (SSSR count). The van der Waals surface area contributed by atoms with Crippen LogP contribution in [-0.2, 0) is 14.3 Å². The number of nitrogens with zero attached hydrogens (tertiary/aromatic N) is 2. The highest BCUT2D eigenvalue weighted by Gasteiger charge is 2.38. The molecule has 2 aliphatic heterocycles. The number of hydrogen-bond donors (Lipinski definition) is 0. The molecule has 0 spiro atoms. The first-order valence-corrected chi connectivity index (χ1v) is 6.74. The molecule has 2 aliphatic rings. The lowest BCUT2D eigenvalue weighted by molar-refractivity contribution is -0.139. The molecule has 6 nitrogen and oxygen atoms in total. The minimum Gasteiger partial charge on any atom is -0.443 e. The van der Waals surface area contributed by atoms with Crippen molar-refractivity contribution in [2.75, 3.05) is 26.4 Å². The van der Waals surface area contributed by atoms with Crippen molar-refractivity contribution < 1.29 is 19.1 Å². The fraction of sp³-hybridized carbons (Fsp3) is 0.846. The first-order chi connectivity index (χ1) is 8.88. The van der Waals surface area contributed by atoms with Crippen molar-refractivity contribution >= 4 is 12.0 Å². The average Bonchev–Trinajstić information content (AvgIpc) is 2.80. The summed E-state index contributed by atoms with van der Waals surface area (Å²) < 4.78 is 10.5. The van der Waals surface area contributed by atoms with E-state index in [-0.39, 0.29) is 11.9 Å². The molecule has 0 aromatic carbocycles. The van der Waals surface area contributed by atoms with E-state index in [0.29, 0.717) is 19.9 Å². The zero-order valence-corrected chi connectivity index (χ0v) is 11.8. The van der Waals surface area contributed by atoms with Gasteiger partial charge in [-0.2, -0.15) is 0 Å². The fourth-order valence-corrected chi connectivity index (χ4v) is 2.37. The smallest absolute Gasteiger partial charge is 0.417 e. The second-order valence-electron chi connectivity index (χ2n) is 5.98. The van der Waals surface area contributed by atoms with Gasteiger partial charge < -0.3 is 9.47 Å². The van der Waals surface area contributed by atoms with Gasteiger partial charge in [-0.3, -0.25) is 9.69 Å². The van der Waals surface area contributed by atoms with Crippen LogP contribution in [-0.4, -0.2) is 59.9 Å². The molecule has 1 atom stereocenters. The topological polar surface area (TPSA) is 59.1 Å². The number of carbonyl (C=O) groups is 2. The van der Waals surface area contributed by atoms with Gasteiger partial charge in [0, 0.05) is 13.1 Å². The maximum atomic E-state index is 12.4. The van der Waals surface area contributed by atoms with Crippen molar-refractivity contribution in [1.29, 1.82) is 0 Å². The van der Waals surface area contributed by atoms with Crippen LogP contribution in [0.15, 0.2) is 0 Å². The Labute approximate surface area is 113 Å². The predicted molar refractivity (Wildman–Crippen MR) is 68.5 cm³/mol. The third kappa shape index (κ3) is 3.45. The van der Waals surface area contributed by atoms with Gasteiger partial charge >= 0.3 is 6.09 Å². The molecule has 19 heavy (non-hydrogen) atoms. The van der Waals surface area contributed by atoms with Crippen LogP contribution in [0.4, 0.5) is 4.79 Å². The Balaban J connectivity index is 2.01. The Bertz CT molecular complexity index is 358. The molecule has 108 valence electrons. The maximum Gasteiger partial charge on any atom is 0.417 e. The lowest BCUT2D eigenvalue weighted by Crippen LogP contribution is -2.54. The van der Waals surface area contributed by atoms with Gasteiger partial charge in [0.2, 0.25) is 5.91 Å². The molecule has 0 saturated carbocycles. The minimum atomic E-state index is -0.582. The zero-order chi connectivity index (χ0) is 14.0. The van der Waals surface area contributed by atoms with Crippen molar-refractivity contribution in [3.63, 3.8) is 0 Å². The number of amides is 2. The first-order valence-electron chi connectivity index (χ1n) is 6.74. The van der Waals surface area contributed by atoms with E-state index in [2.05, 4.69) is 0 Å². The Hall–Kier alpha value is -1.14. The van der Waals surface area contributed by atoms with E-state index in [4.69, 9.17) is 9.47 Å². The first kappa shape index (κ1) is 14.3. The molecule has 0 aromatic rings. The largest absolute Gasteiger partial charge is 0.443 e. The normalized spacial score (nSPS) is 25.7. The predicted octanol–water partition coefficient (Wildman–Crippen LogP) is 1.20.